The summed E-state index contributed by atoms with van der Waals surface area (Å²) >= 11 is 6.01. The topological polar surface area (TPSA) is 42.5 Å². The van der Waals surface area contributed by atoms with E-state index in [1.807, 2.05) is 36.4 Å². The zero-order valence-corrected chi connectivity index (χ0v) is 13.8. The standard InChI is InChI=1S/C17H21ClN2O2/c1-12-4-5-13(18)10-15(12)19-8-9-20-16-11-14(21-2)6-7-17(16)22-3/h4-7,10-11,19-20H,8-9H2,1-3H3. The molecular weight excluding hydrogens is 300 g/mol. The molecule has 5 heteroatoms. The molecule has 0 radical (unpaired) electrons. The maximum Gasteiger partial charge on any atom is 0.142 e. The fourth-order valence-corrected chi connectivity index (χ4v) is 2.30. The van der Waals surface area contributed by atoms with E-state index in [9.17, 15) is 0 Å². The van der Waals surface area contributed by atoms with Crippen molar-refractivity contribution < 1.29 is 9.47 Å². The zero-order valence-electron chi connectivity index (χ0n) is 13.1. The second kappa shape index (κ2) is 7.80. The van der Waals surface area contributed by atoms with E-state index >= 15 is 0 Å². The second-order valence-corrected chi connectivity index (χ2v) is 5.32. The van der Waals surface area contributed by atoms with Gasteiger partial charge < -0.3 is 20.1 Å². The molecule has 0 unspecified atom stereocenters. The number of methoxy groups -OCH3 is 2. The van der Waals surface area contributed by atoms with Crippen LogP contribution in [-0.4, -0.2) is 27.3 Å². The highest BCUT2D eigenvalue weighted by atomic mass is 35.5. The van der Waals surface area contributed by atoms with Crippen LogP contribution < -0.4 is 20.1 Å². The van der Waals surface area contributed by atoms with E-state index in [1.54, 1.807) is 14.2 Å². The third kappa shape index (κ3) is 4.21. The molecule has 0 spiro atoms. The number of ether oxygens (including phenoxy) is 2. The second-order valence-electron chi connectivity index (χ2n) is 4.88. The smallest absolute Gasteiger partial charge is 0.142 e. The highest BCUT2D eigenvalue weighted by molar-refractivity contribution is 6.30. The van der Waals surface area contributed by atoms with Gasteiger partial charge in [-0.3, -0.25) is 0 Å². The van der Waals surface area contributed by atoms with Crippen LogP contribution in [0, 0.1) is 6.92 Å². The molecule has 0 amide bonds. The van der Waals surface area contributed by atoms with Crippen molar-refractivity contribution in [1.82, 2.24) is 0 Å². The Kier molecular flexibility index (Phi) is 5.78. The first-order valence-electron chi connectivity index (χ1n) is 7.10. The van der Waals surface area contributed by atoms with Gasteiger partial charge in [0.2, 0.25) is 0 Å². The van der Waals surface area contributed by atoms with E-state index in [-0.39, 0.29) is 0 Å². The van der Waals surface area contributed by atoms with Gasteiger partial charge >= 0.3 is 0 Å². The van der Waals surface area contributed by atoms with Gasteiger partial charge in [0.05, 0.1) is 19.9 Å². The third-order valence-corrected chi connectivity index (χ3v) is 3.60. The minimum atomic E-state index is 0.732. The molecule has 118 valence electrons. The van der Waals surface area contributed by atoms with Crippen molar-refractivity contribution in [3.63, 3.8) is 0 Å². The summed E-state index contributed by atoms with van der Waals surface area (Å²) in [5, 5.41) is 7.45. The Morgan fingerprint density at radius 1 is 0.909 bits per heavy atom. The molecule has 2 aromatic carbocycles. The molecular formula is C17H21ClN2O2. The summed E-state index contributed by atoms with van der Waals surface area (Å²) in [6.45, 7) is 3.56. The van der Waals surface area contributed by atoms with Gasteiger partial charge in [-0.1, -0.05) is 17.7 Å². The van der Waals surface area contributed by atoms with Crippen molar-refractivity contribution in [2.24, 2.45) is 0 Å². The lowest BCUT2D eigenvalue weighted by Crippen LogP contribution is -2.14. The molecule has 0 aliphatic carbocycles. The number of benzene rings is 2. The van der Waals surface area contributed by atoms with E-state index in [0.717, 1.165) is 41.0 Å². The summed E-state index contributed by atoms with van der Waals surface area (Å²) in [4.78, 5) is 0. The summed E-state index contributed by atoms with van der Waals surface area (Å²) in [6.07, 6.45) is 0. The first kappa shape index (κ1) is 16.3. The van der Waals surface area contributed by atoms with Crippen LogP contribution in [0.1, 0.15) is 5.56 Å². The Balaban J connectivity index is 1.92. The molecule has 2 rings (SSSR count). The maximum absolute atomic E-state index is 6.01. The lowest BCUT2D eigenvalue weighted by atomic mass is 10.2. The summed E-state index contributed by atoms with van der Waals surface area (Å²) in [6, 6.07) is 11.5. The highest BCUT2D eigenvalue weighted by Gasteiger charge is 2.04. The van der Waals surface area contributed by atoms with E-state index in [0.29, 0.717) is 0 Å². The first-order valence-corrected chi connectivity index (χ1v) is 7.47. The van der Waals surface area contributed by atoms with Crippen LogP contribution in [0.4, 0.5) is 11.4 Å². The van der Waals surface area contributed by atoms with Gasteiger partial charge in [0.15, 0.2) is 0 Å². The number of nitrogens with one attached hydrogen (secondary N) is 2. The van der Waals surface area contributed by atoms with Gasteiger partial charge in [-0.15, -0.1) is 0 Å². The number of hydrogen-bond donors (Lipinski definition) is 2. The van der Waals surface area contributed by atoms with Crippen molar-refractivity contribution >= 4 is 23.0 Å². The number of anilines is 2. The molecule has 2 aromatic rings. The van der Waals surface area contributed by atoms with Crippen molar-refractivity contribution in [2.45, 2.75) is 6.92 Å². The molecule has 0 aromatic heterocycles. The maximum atomic E-state index is 6.01. The molecule has 0 bridgehead atoms. The molecule has 0 saturated carbocycles. The van der Waals surface area contributed by atoms with Crippen molar-refractivity contribution in [3.8, 4) is 11.5 Å². The van der Waals surface area contributed by atoms with Crippen LogP contribution in [-0.2, 0) is 0 Å². The van der Waals surface area contributed by atoms with Gasteiger partial charge in [0.1, 0.15) is 11.5 Å². The molecule has 0 atom stereocenters. The number of rotatable bonds is 7. The van der Waals surface area contributed by atoms with Gasteiger partial charge in [-0.2, -0.15) is 0 Å². The van der Waals surface area contributed by atoms with Crippen LogP contribution in [0.5, 0.6) is 11.5 Å². The lowest BCUT2D eigenvalue weighted by Gasteiger charge is -2.14. The molecule has 0 fully saturated rings. The SMILES string of the molecule is COc1ccc(OC)c(NCCNc2cc(Cl)ccc2C)c1. The summed E-state index contributed by atoms with van der Waals surface area (Å²) < 4.78 is 10.6. The van der Waals surface area contributed by atoms with Gasteiger partial charge in [0, 0.05) is 29.9 Å². The van der Waals surface area contributed by atoms with E-state index in [4.69, 9.17) is 21.1 Å². The van der Waals surface area contributed by atoms with Crippen LogP contribution in [0.25, 0.3) is 0 Å². The van der Waals surface area contributed by atoms with Gasteiger partial charge in [-0.05, 0) is 36.8 Å². The van der Waals surface area contributed by atoms with Crippen molar-refractivity contribution in [2.75, 3.05) is 37.9 Å². The van der Waals surface area contributed by atoms with E-state index in [1.165, 1.54) is 5.56 Å². The summed E-state index contributed by atoms with van der Waals surface area (Å²) in [5.41, 5.74) is 3.13. The van der Waals surface area contributed by atoms with E-state index < -0.39 is 0 Å². The summed E-state index contributed by atoms with van der Waals surface area (Å²) in [7, 11) is 3.30. The number of hydrogen-bond acceptors (Lipinski definition) is 4. The highest BCUT2D eigenvalue weighted by Crippen LogP contribution is 2.28. The monoisotopic (exact) mass is 320 g/mol. The Bertz CT molecular complexity index is 632. The van der Waals surface area contributed by atoms with Crippen LogP contribution in [0.2, 0.25) is 5.02 Å². The first-order chi connectivity index (χ1) is 10.6. The molecule has 4 nitrogen and oxygen atoms in total. The quantitative estimate of drug-likeness (QED) is 0.751. The fourth-order valence-electron chi connectivity index (χ4n) is 2.13. The normalized spacial score (nSPS) is 10.2. The Labute approximate surface area is 136 Å². The minimum Gasteiger partial charge on any atom is -0.497 e. The average molecular weight is 321 g/mol. The van der Waals surface area contributed by atoms with E-state index in [2.05, 4.69) is 17.6 Å². The van der Waals surface area contributed by atoms with Crippen LogP contribution in [0.15, 0.2) is 36.4 Å². The minimum absolute atomic E-state index is 0.732. The molecule has 0 saturated heterocycles. The molecule has 0 aliphatic rings. The third-order valence-electron chi connectivity index (χ3n) is 3.36. The molecule has 0 aliphatic heterocycles. The largest absolute Gasteiger partial charge is 0.497 e. The summed E-state index contributed by atoms with van der Waals surface area (Å²) in [5.74, 6) is 1.58. The zero-order chi connectivity index (χ0) is 15.9. The van der Waals surface area contributed by atoms with Gasteiger partial charge in [0.25, 0.3) is 0 Å². The fraction of sp³-hybridized carbons (Fsp3) is 0.294. The molecule has 2 N–H and O–H groups in total. The van der Waals surface area contributed by atoms with Crippen LogP contribution >= 0.6 is 11.6 Å². The van der Waals surface area contributed by atoms with Crippen LogP contribution in [0.3, 0.4) is 0 Å². The number of halogens is 1. The lowest BCUT2D eigenvalue weighted by molar-refractivity contribution is 0.404. The molecule has 0 heterocycles. The average Bonchev–Trinajstić information content (AvgIpc) is 2.54. The Morgan fingerprint density at radius 3 is 2.32 bits per heavy atom. The van der Waals surface area contributed by atoms with Gasteiger partial charge in [-0.25, -0.2) is 0 Å². The molecule has 22 heavy (non-hydrogen) atoms. The van der Waals surface area contributed by atoms with Crippen molar-refractivity contribution in [3.05, 3.63) is 47.0 Å². The predicted molar refractivity (Wildman–Crippen MR) is 92.7 cm³/mol. The van der Waals surface area contributed by atoms with Crippen molar-refractivity contribution in [1.29, 1.82) is 0 Å². The predicted octanol–water partition coefficient (Wildman–Crippen LogP) is 4.19. The Morgan fingerprint density at radius 2 is 1.64 bits per heavy atom. The Hall–Kier alpha value is -2.07. The number of aryl methyl sites for hydroxylation is 1.